The monoisotopic (exact) mass is 423 g/mol. The van der Waals surface area contributed by atoms with Crippen molar-refractivity contribution in [2.45, 2.75) is 19.1 Å². The summed E-state index contributed by atoms with van der Waals surface area (Å²) in [6, 6.07) is 8.37. The number of anilines is 1. The Morgan fingerprint density at radius 2 is 1.80 bits per heavy atom. The van der Waals surface area contributed by atoms with E-state index in [0.717, 1.165) is 12.1 Å². The molecule has 0 aliphatic carbocycles. The number of hydrogen-bond donors (Lipinski definition) is 3. The Morgan fingerprint density at radius 3 is 2.53 bits per heavy atom. The van der Waals surface area contributed by atoms with E-state index in [1.54, 1.807) is 25.1 Å². The van der Waals surface area contributed by atoms with Crippen LogP contribution >= 0.6 is 0 Å². The molecule has 160 valence electrons. The molecule has 3 rings (SSSR count). The summed E-state index contributed by atoms with van der Waals surface area (Å²) in [6.45, 7) is 2.21. The van der Waals surface area contributed by atoms with Crippen LogP contribution < -0.4 is 25.4 Å². The number of fused-ring (bicyclic) bond motifs is 1. The molecular formula is C20H20F3N3O4. The van der Waals surface area contributed by atoms with Crippen molar-refractivity contribution in [2.75, 3.05) is 25.1 Å². The van der Waals surface area contributed by atoms with Crippen LogP contribution in [0.1, 0.15) is 24.1 Å². The van der Waals surface area contributed by atoms with E-state index in [1.165, 1.54) is 12.1 Å². The topological polar surface area (TPSA) is 88.7 Å². The number of nitrogens with one attached hydrogen (secondary N) is 3. The molecule has 1 aliphatic rings. The molecule has 0 radical (unpaired) electrons. The van der Waals surface area contributed by atoms with Gasteiger partial charge in [-0.2, -0.15) is 13.2 Å². The van der Waals surface area contributed by atoms with E-state index in [0.29, 0.717) is 36.0 Å². The summed E-state index contributed by atoms with van der Waals surface area (Å²) in [4.78, 5) is 24.0. The molecule has 0 bridgehead atoms. The number of amides is 3. The predicted octanol–water partition coefficient (Wildman–Crippen LogP) is 3.48. The maximum absolute atomic E-state index is 12.8. The van der Waals surface area contributed by atoms with Gasteiger partial charge in [-0.05, 0) is 36.8 Å². The molecular weight excluding hydrogens is 403 g/mol. The van der Waals surface area contributed by atoms with Crippen molar-refractivity contribution in [3.05, 3.63) is 53.6 Å². The quantitative estimate of drug-likeness (QED) is 0.685. The first-order valence-corrected chi connectivity index (χ1v) is 9.13. The van der Waals surface area contributed by atoms with Crippen molar-refractivity contribution in [3.8, 4) is 11.5 Å². The lowest BCUT2D eigenvalue weighted by Gasteiger charge is -2.19. The lowest BCUT2D eigenvalue weighted by molar-refractivity contribution is -0.137. The molecule has 3 N–H and O–H groups in total. The van der Waals surface area contributed by atoms with Crippen LogP contribution in [0.25, 0.3) is 0 Å². The number of alkyl halides is 3. The third kappa shape index (κ3) is 5.63. The Balaban J connectivity index is 1.49. The Bertz CT molecular complexity index is 934. The van der Waals surface area contributed by atoms with Crippen LogP contribution in [0.3, 0.4) is 0 Å². The van der Waals surface area contributed by atoms with Gasteiger partial charge in [-0.15, -0.1) is 0 Å². The number of hydrogen-bond acceptors (Lipinski definition) is 5. The van der Waals surface area contributed by atoms with Gasteiger partial charge in [0.15, 0.2) is 11.5 Å². The molecule has 0 spiro atoms. The molecule has 0 saturated carbocycles. The lowest BCUT2D eigenvalue weighted by atomic mass is 10.0. The summed E-state index contributed by atoms with van der Waals surface area (Å²) in [5, 5.41) is 7.45. The number of ether oxygens (including phenoxy) is 2. The summed E-state index contributed by atoms with van der Waals surface area (Å²) in [5.74, 6) is 0.418. The fourth-order valence-electron chi connectivity index (χ4n) is 2.80. The maximum atomic E-state index is 12.8. The standard InChI is InChI=1S/C20H20F3N3O4/c1-12(13-3-2-4-14(9-13)20(21,22)23)24-11-18(27)26-19(28)25-15-5-6-16-17(10-15)30-8-7-29-16/h2-6,9-10,12,24H,7-8,11H2,1H3,(H2,25,26,27,28)/t12-/m0/s1. The molecule has 1 aliphatic heterocycles. The Kier molecular flexibility index (Phi) is 6.46. The molecule has 30 heavy (non-hydrogen) atoms. The molecule has 7 nitrogen and oxygen atoms in total. The van der Waals surface area contributed by atoms with Gasteiger partial charge in [-0.1, -0.05) is 12.1 Å². The highest BCUT2D eigenvalue weighted by Crippen LogP contribution is 2.32. The van der Waals surface area contributed by atoms with Crippen molar-refractivity contribution >= 4 is 17.6 Å². The van der Waals surface area contributed by atoms with E-state index in [4.69, 9.17) is 9.47 Å². The first-order chi connectivity index (χ1) is 14.2. The zero-order chi connectivity index (χ0) is 21.7. The second-order valence-corrected chi connectivity index (χ2v) is 6.59. The first kappa shape index (κ1) is 21.4. The minimum absolute atomic E-state index is 0.258. The average Bonchev–Trinajstić information content (AvgIpc) is 2.71. The van der Waals surface area contributed by atoms with Gasteiger partial charge in [-0.25, -0.2) is 4.79 Å². The second kappa shape index (κ2) is 9.04. The summed E-state index contributed by atoms with van der Waals surface area (Å²) in [7, 11) is 0. The molecule has 2 aromatic carbocycles. The van der Waals surface area contributed by atoms with Gasteiger partial charge in [0.1, 0.15) is 13.2 Å². The number of carbonyl (C=O) groups is 2. The van der Waals surface area contributed by atoms with Crippen LogP contribution in [0, 0.1) is 0 Å². The summed E-state index contributed by atoms with van der Waals surface area (Å²) >= 11 is 0. The van der Waals surface area contributed by atoms with Crippen LogP contribution in [-0.4, -0.2) is 31.7 Å². The molecule has 10 heteroatoms. The highest BCUT2D eigenvalue weighted by molar-refractivity contribution is 6.01. The number of halogens is 3. The molecule has 0 aromatic heterocycles. The van der Waals surface area contributed by atoms with Gasteiger partial charge in [0, 0.05) is 17.8 Å². The third-order valence-corrected chi connectivity index (χ3v) is 4.34. The summed E-state index contributed by atoms with van der Waals surface area (Å²) < 4.78 is 49.3. The predicted molar refractivity (Wildman–Crippen MR) is 102 cm³/mol. The molecule has 0 fully saturated rings. The molecule has 1 atom stereocenters. The van der Waals surface area contributed by atoms with Gasteiger partial charge in [0.05, 0.1) is 12.1 Å². The van der Waals surface area contributed by atoms with E-state index in [2.05, 4.69) is 16.0 Å². The van der Waals surface area contributed by atoms with Gasteiger partial charge in [0.2, 0.25) is 5.91 Å². The van der Waals surface area contributed by atoms with Crippen LogP contribution in [-0.2, 0) is 11.0 Å². The van der Waals surface area contributed by atoms with Crippen molar-refractivity contribution < 1.29 is 32.2 Å². The van der Waals surface area contributed by atoms with E-state index in [1.807, 2.05) is 0 Å². The molecule has 3 amide bonds. The SMILES string of the molecule is C[C@H](NCC(=O)NC(=O)Nc1ccc2c(c1)OCCO2)c1cccc(C(F)(F)F)c1. The summed E-state index contributed by atoms with van der Waals surface area (Å²) in [5.41, 5.74) is 0.0186. The van der Waals surface area contributed by atoms with Gasteiger partial charge in [-0.3, -0.25) is 10.1 Å². The highest BCUT2D eigenvalue weighted by Gasteiger charge is 2.30. The van der Waals surface area contributed by atoms with Crippen molar-refractivity contribution in [1.82, 2.24) is 10.6 Å². The van der Waals surface area contributed by atoms with Crippen LogP contribution in [0.2, 0.25) is 0 Å². The van der Waals surface area contributed by atoms with Crippen molar-refractivity contribution in [1.29, 1.82) is 0 Å². The smallest absolute Gasteiger partial charge is 0.416 e. The number of carbonyl (C=O) groups excluding carboxylic acids is 2. The van der Waals surface area contributed by atoms with Gasteiger partial charge in [0.25, 0.3) is 0 Å². The van der Waals surface area contributed by atoms with Gasteiger partial charge >= 0.3 is 12.2 Å². The number of benzene rings is 2. The van der Waals surface area contributed by atoms with Crippen LogP contribution in [0.15, 0.2) is 42.5 Å². The Labute approximate surface area is 170 Å². The zero-order valence-corrected chi connectivity index (χ0v) is 16.0. The third-order valence-electron chi connectivity index (χ3n) is 4.34. The van der Waals surface area contributed by atoms with E-state index in [-0.39, 0.29) is 6.54 Å². The van der Waals surface area contributed by atoms with E-state index in [9.17, 15) is 22.8 Å². The van der Waals surface area contributed by atoms with Crippen molar-refractivity contribution in [2.24, 2.45) is 0 Å². The second-order valence-electron chi connectivity index (χ2n) is 6.59. The minimum Gasteiger partial charge on any atom is -0.486 e. The van der Waals surface area contributed by atoms with E-state index >= 15 is 0 Å². The largest absolute Gasteiger partial charge is 0.486 e. The zero-order valence-electron chi connectivity index (χ0n) is 16.0. The molecule has 2 aromatic rings. The molecule has 0 saturated heterocycles. The lowest BCUT2D eigenvalue weighted by Crippen LogP contribution is -2.40. The average molecular weight is 423 g/mol. The Hall–Kier alpha value is -3.27. The minimum atomic E-state index is -4.45. The highest BCUT2D eigenvalue weighted by atomic mass is 19.4. The Morgan fingerprint density at radius 1 is 1.07 bits per heavy atom. The fraction of sp³-hybridized carbons (Fsp3) is 0.300. The van der Waals surface area contributed by atoms with Crippen LogP contribution in [0.5, 0.6) is 11.5 Å². The summed E-state index contributed by atoms with van der Waals surface area (Å²) in [6.07, 6.45) is -4.45. The van der Waals surface area contributed by atoms with Crippen LogP contribution in [0.4, 0.5) is 23.7 Å². The maximum Gasteiger partial charge on any atom is 0.416 e. The first-order valence-electron chi connectivity index (χ1n) is 9.13. The number of rotatable bonds is 5. The fourth-order valence-corrected chi connectivity index (χ4v) is 2.80. The normalized spacial score (nSPS) is 14.0. The number of urea groups is 1. The van der Waals surface area contributed by atoms with Crippen molar-refractivity contribution in [3.63, 3.8) is 0 Å². The van der Waals surface area contributed by atoms with Gasteiger partial charge < -0.3 is 20.1 Å². The number of imide groups is 1. The molecule has 1 heterocycles. The molecule has 0 unspecified atom stereocenters. The van der Waals surface area contributed by atoms with E-state index < -0.39 is 29.7 Å².